The number of imidazole rings is 1. The molecule has 1 N–H and O–H groups in total. The number of hydrogen-bond donors (Lipinski definition) is 1. The first-order chi connectivity index (χ1) is 8.74. The Kier molecular flexibility index (Phi) is 4.38. The van der Waals surface area contributed by atoms with Gasteiger partial charge in [0.25, 0.3) is 0 Å². The number of hydrogen-bond acceptors (Lipinski definition) is 3. The van der Waals surface area contributed by atoms with Gasteiger partial charge in [-0.15, -0.1) is 0 Å². The Morgan fingerprint density at radius 1 is 1.44 bits per heavy atom. The van der Waals surface area contributed by atoms with E-state index in [2.05, 4.69) is 45.3 Å². The van der Waals surface area contributed by atoms with Gasteiger partial charge in [-0.1, -0.05) is 12.1 Å². The third-order valence-electron chi connectivity index (χ3n) is 2.66. The van der Waals surface area contributed by atoms with Gasteiger partial charge >= 0.3 is 0 Å². The van der Waals surface area contributed by atoms with Crippen LogP contribution in [0.4, 0.5) is 5.95 Å². The number of methoxy groups -OCH3 is 1. The summed E-state index contributed by atoms with van der Waals surface area (Å²) < 4.78 is 8.12. The van der Waals surface area contributed by atoms with Crippen molar-refractivity contribution < 1.29 is 4.74 Å². The second-order valence-electron chi connectivity index (χ2n) is 3.95. The number of aryl methyl sites for hydroxylation is 1. The first-order valence-electron chi connectivity index (χ1n) is 5.75. The average Bonchev–Trinajstić information content (AvgIpc) is 2.81. The minimum atomic E-state index is 0.655. The van der Waals surface area contributed by atoms with Crippen molar-refractivity contribution in [3.05, 3.63) is 40.6 Å². The number of ether oxygens (including phenoxy) is 1. The van der Waals surface area contributed by atoms with Crippen molar-refractivity contribution in [2.75, 3.05) is 25.6 Å². The van der Waals surface area contributed by atoms with Crippen LogP contribution >= 0.6 is 15.9 Å². The fraction of sp³-hybridized carbons (Fsp3) is 0.308. The summed E-state index contributed by atoms with van der Waals surface area (Å²) in [6.07, 6.45) is 3.72. The standard InChI is InChI=1S/C13H16BrN3O/c1-10-4-3-5-11(12(10)14)17-8-6-15-13(17)16-7-9-18-2/h3-6,8H,7,9H2,1-2H3,(H,15,16). The summed E-state index contributed by atoms with van der Waals surface area (Å²) in [6.45, 7) is 3.46. The fourth-order valence-corrected chi connectivity index (χ4v) is 2.17. The molecule has 0 radical (unpaired) electrons. The summed E-state index contributed by atoms with van der Waals surface area (Å²) >= 11 is 3.62. The SMILES string of the molecule is COCCNc1nccn1-c1cccc(C)c1Br. The number of nitrogens with zero attached hydrogens (tertiary/aromatic N) is 2. The van der Waals surface area contributed by atoms with Crippen LogP contribution in [-0.4, -0.2) is 29.8 Å². The van der Waals surface area contributed by atoms with E-state index in [4.69, 9.17) is 4.74 Å². The second-order valence-corrected chi connectivity index (χ2v) is 4.74. The molecule has 0 amide bonds. The number of halogens is 1. The van der Waals surface area contributed by atoms with Crippen LogP contribution in [0.2, 0.25) is 0 Å². The Bertz CT molecular complexity index is 525. The Labute approximate surface area is 115 Å². The van der Waals surface area contributed by atoms with E-state index < -0.39 is 0 Å². The van der Waals surface area contributed by atoms with Crippen molar-refractivity contribution in [3.8, 4) is 5.69 Å². The van der Waals surface area contributed by atoms with Gasteiger partial charge in [-0.05, 0) is 34.5 Å². The van der Waals surface area contributed by atoms with Gasteiger partial charge in [0.2, 0.25) is 5.95 Å². The van der Waals surface area contributed by atoms with Gasteiger partial charge in [0, 0.05) is 30.5 Å². The average molecular weight is 310 g/mol. The van der Waals surface area contributed by atoms with E-state index in [0.29, 0.717) is 6.61 Å². The molecular weight excluding hydrogens is 294 g/mol. The third kappa shape index (κ3) is 2.73. The molecule has 0 aliphatic rings. The smallest absolute Gasteiger partial charge is 0.207 e. The number of benzene rings is 1. The zero-order valence-electron chi connectivity index (χ0n) is 10.5. The Balaban J connectivity index is 2.28. The van der Waals surface area contributed by atoms with Gasteiger partial charge in [-0.2, -0.15) is 0 Å². The van der Waals surface area contributed by atoms with Crippen molar-refractivity contribution in [1.29, 1.82) is 0 Å². The van der Waals surface area contributed by atoms with E-state index >= 15 is 0 Å². The van der Waals surface area contributed by atoms with Crippen molar-refractivity contribution in [2.24, 2.45) is 0 Å². The maximum Gasteiger partial charge on any atom is 0.207 e. The lowest BCUT2D eigenvalue weighted by Gasteiger charge is -2.12. The molecular formula is C13H16BrN3O. The lowest BCUT2D eigenvalue weighted by molar-refractivity contribution is 0.210. The van der Waals surface area contributed by atoms with Crippen molar-refractivity contribution in [3.63, 3.8) is 0 Å². The zero-order chi connectivity index (χ0) is 13.0. The van der Waals surface area contributed by atoms with Crippen LogP contribution in [0.1, 0.15) is 5.56 Å². The van der Waals surface area contributed by atoms with Gasteiger partial charge in [0.05, 0.1) is 12.3 Å². The molecule has 1 heterocycles. The zero-order valence-corrected chi connectivity index (χ0v) is 12.1. The van der Waals surface area contributed by atoms with Gasteiger partial charge in [0.1, 0.15) is 0 Å². The van der Waals surface area contributed by atoms with Crippen LogP contribution in [0.3, 0.4) is 0 Å². The highest BCUT2D eigenvalue weighted by molar-refractivity contribution is 9.10. The second kappa shape index (κ2) is 6.02. The molecule has 0 saturated carbocycles. The third-order valence-corrected chi connectivity index (χ3v) is 3.69. The lowest BCUT2D eigenvalue weighted by Crippen LogP contribution is -2.11. The van der Waals surface area contributed by atoms with Crippen molar-refractivity contribution in [2.45, 2.75) is 6.92 Å². The Morgan fingerprint density at radius 2 is 2.28 bits per heavy atom. The molecule has 2 aromatic rings. The summed E-state index contributed by atoms with van der Waals surface area (Å²) in [7, 11) is 1.69. The van der Waals surface area contributed by atoms with Gasteiger partial charge in [-0.3, -0.25) is 4.57 Å². The first-order valence-corrected chi connectivity index (χ1v) is 6.55. The van der Waals surface area contributed by atoms with Crippen LogP contribution in [0, 0.1) is 6.92 Å². The number of nitrogens with one attached hydrogen (secondary N) is 1. The quantitative estimate of drug-likeness (QED) is 0.863. The van der Waals surface area contributed by atoms with Crippen LogP contribution in [0.5, 0.6) is 0 Å². The van der Waals surface area contributed by atoms with E-state index in [1.165, 1.54) is 5.56 Å². The highest BCUT2D eigenvalue weighted by Gasteiger charge is 2.08. The molecule has 2 rings (SSSR count). The van der Waals surface area contributed by atoms with Gasteiger partial charge in [-0.25, -0.2) is 4.98 Å². The topological polar surface area (TPSA) is 39.1 Å². The maximum absolute atomic E-state index is 5.02. The number of anilines is 1. The van der Waals surface area contributed by atoms with Gasteiger partial charge < -0.3 is 10.1 Å². The van der Waals surface area contributed by atoms with Gasteiger partial charge in [0.15, 0.2) is 0 Å². The normalized spacial score (nSPS) is 10.6. The van der Waals surface area contributed by atoms with E-state index in [-0.39, 0.29) is 0 Å². The molecule has 0 saturated heterocycles. The molecule has 4 nitrogen and oxygen atoms in total. The van der Waals surface area contributed by atoms with E-state index in [0.717, 1.165) is 22.7 Å². The molecule has 1 aromatic heterocycles. The minimum Gasteiger partial charge on any atom is -0.383 e. The van der Waals surface area contributed by atoms with Crippen molar-refractivity contribution >= 4 is 21.9 Å². The molecule has 96 valence electrons. The highest BCUT2D eigenvalue weighted by atomic mass is 79.9. The fourth-order valence-electron chi connectivity index (χ4n) is 1.71. The van der Waals surface area contributed by atoms with E-state index in [1.807, 2.05) is 16.8 Å². The Morgan fingerprint density at radius 3 is 3.06 bits per heavy atom. The summed E-state index contributed by atoms with van der Waals surface area (Å²) in [5.74, 6) is 0.818. The molecule has 1 aromatic carbocycles. The number of rotatable bonds is 5. The minimum absolute atomic E-state index is 0.655. The summed E-state index contributed by atoms with van der Waals surface area (Å²) in [4.78, 5) is 4.31. The van der Waals surface area contributed by atoms with Crippen LogP contribution in [0.25, 0.3) is 5.69 Å². The molecule has 5 heteroatoms. The first kappa shape index (κ1) is 13.1. The predicted molar refractivity (Wildman–Crippen MR) is 76.4 cm³/mol. The maximum atomic E-state index is 5.02. The molecule has 0 spiro atoms. The Hall–Kier alpha value is -1.33. The van der Waals surface area contributed by atoms with E-state index in [1.54, 1.807) is 13.3 Å². The van der Waals surface area contributed by atoms with Crippen LogP contribution in [-0.2, 0) is 4.74 Å². The van der Waals surface area contributed by atoms with Crippen LogP contribution in [0.15, 0.2) is 35.1 Å². The van der Waals surface area contributed by atoms with E-state index in [9.17, 15) is 0 Å². The molecule has 0 atom stereocenters. The van der Waals surface area contributed by atoms with Crippen molar-refractivity contribution in [1.82, 2.24) is 9.55 Å². The molecule has 0 fully saturated rings. The molecule has 0 unspecified atom stereocenters. The summed E-state index contributed by atoms with van der Waals surface area (Å²) in [6, 6.07) is 6.16. The number of aromatic nitrogens is 2. The lowest BCUT2D eigenvalue weighted by atomic mass is 10.2. The molecule has 0 aliphatic carbocycles. The molecule has 18 heavy (non-hydrogen) atoms. The summed E-state index contributed by atoms with van der Waals surface area (Å²) in [5.41, 5.74) is 2.27. The molecule has 0 aliphatic heterocycles. The largest absolute Gasteiger partial charge is 0.383 e. The van der Waals surface area contributed by atoms with Crippen LogP contribution < -0.4 is 5.32 Å². The summed E-state index contributed by atoms with van der Waals surface area (Å²) in [5, 5.41) is 3.25. The highest BCUT2D eigenvalue weighted by Crippen LogP contribution is 2.26. The molecule has 0 bridgehead atoms. The predicted octanol–water partition coefficient (Wildman–Crippen LogP) is 3.00. The monoisotopic (exact) mass is 309 g/mol.